The SMILES string of the molecule is O=C(O[C@@H]1O[C@@H]2COC(=O)c3cc(O)c(O)c(O)c3-c3c(cc(O)c(O)c3O)C(=O)O[C@@H]3[C@H]1OC(=O)c1cc(O)c(O)c4c1[C@@H]1[C@@H](C(=O)O[C@@H]32)[C@H](SCCO)c2nc3ccccc3nc2[C@]1(O)O4)c1cc(O)c(O)c(O)c1. The summed E-state index contributed by atoms with van der Waals surface area (Å²) < 4.78 is 41.7. The number of hydrogen-bond acceptors (Lipinski definition) is 28. The predicted molar refractivity (Wildman–Crippen MR) is 248 cm³/mol. The Morgan fingerprint density at radius 1 is 0.662 bits per heavy atom. The molecule has 398 valence electrons. The minimum Gasteiger partial charge on any atom is -0.504 e. The van der Waals surface area contributed by atoms with Crippen LogP contribution in [0.3, 0.4) is 0 Å². The van der Waals surface area contributed by atoms with Crippen molar-refractivity contribution < 1.29 is 124 Å². The Morgan fingerprint density at radius 2 is 1.22 bits per heavy atom. The number of aliphatic hydroxyl groups is 2. The summed E-state index contributed by atoms with van der Waals surface area (Å²) in [7, 11) is 0. The van der Waals surface area contributed by atoms with Gasteiger partial charge in [-0.25, -0.2) is 29.1 Å². The Kier molecular flexibility index (Phi) is 11.6. The van der Waals surface area contributed by atoms with Crippen LogP contribution < -0.4 is 4.74 Å². The summed E-state index contributed by atoms with van der Waals surface area (Å²) in [5.41, 5.74) is -6.37. The molecule has 1 aromatic heterocycles. The van der Waals surface area contributed by atoms with Gasteiger partial charge in [-0.1, -0.05) is 12.1 Å². The maximum absolute atomic E-state index is 15.7. The van der Waals surface area contributed by atoms with Gasteiger partial charge in [-0.15, -0.1) is 11.8 Å². The van der Waals surface area contributed by atoms with Gasteiger partial charge in [-0.2, -0.15) is 0 Å². The molecule has 27 nitrogen and oxygen atoms in total. The lowest BCUT2D eigenvalue weighted by Crippen LogP contribution is -2.63. The van der Waals surface area contributed by atoms with Crippen LogP contribution in [-0.2, 0) is 39.0 Å². The number of carbonyl (C=O) groups excluding carboxylic acids is 5. The first-order chi connectivity index (χ1) is 36.6. The summed E-state index contributed by atoms with van der Waals surface area (Å²) >= 11 is 0.874. The third-order valence-electron chi connectivity index (χ3n) is 13.5. The molecule has 4 bridgehead atoms. The molecular formula is C49H36N2O25S. The van der Waals surface area contributed by atoms with Crippen LogP contribution in [0.2, 0.25) is 0 Å². The van der Waals surface area contributed by atoms with Gasteiger partial charge in [-0.3, -0.25) is 4.79 Å². The van der Waals surface area contributed by atoms with Crippen molar-refractivity contribution in [3.8, 4) is 80.1 Å². The van der Waals surface area contributed by atoms with Gasteiger partial charge < -0.3 is 99.5 Å². The molecule has 11 rings (SSSR count). The molecule has 1 aliphatic carbocycles. The molecule has 4 aliphatic heterocycles. The Labute approximate surface area is 431 Å². The lowest BCUT2D eigenvalue weighted by molar-refractivity contribution is -0.288. The number of carbonyl (C=O) groups is 5. The Balaban J connectivity index is 1.16. The van der Waals surface area contributed by atoms with Gasteiger partial charge in [0.1, 0.15) is 18.4 Å². The van der Waals surface area contributed by atoms with Crippen LogP contribution in [0.25, 0.3) is 22.2 Å². The number of phenols is 11. The van der Waals surface area contributed by atoms with Crippen molar-refractivity contribution in [2.45, 2.75) is 47.7 Å². The van der Waals surface area contributed by atoms with Crippen LogP contribution in [0, 0.1) is 5.92 Å². The van der Waals surface area contributed by atoms with Crippen molar-refractivity contribution in [3.63, 3.8) is 0 Å². The van der Waals surface area contributed by atoms with Crippen LogP contribution >= 0.6 is 11.8 Å². The summed E-state index contributed by atoms with van der Waals surface area (Å²) in [5, 5.41) is 140. The van der Waals surface area contributed by atoms with Crippen LogP contribution in [-0.4, -0.2) is 156 Å². The average Bonchev–Trinajstić information content (AvgIpc) is 3.90. The standard InChI is InChI=1S/C49H36N2O25S/c52-5-6-77-41-28-29-27-16(11-23(57)34(61)38(27)76-49(29,69)42-30(41)50-17-3-1-2-4-18(17)51-42)46(67)74-40-39-37(72-47(28)68)24(71-48(40)75-43(64)13-7-19(53)31(58)20(54)8-13)12-70-44(65)14-9-21(55)32(59)35(62)25(14)26-15(45(66)73-39)10-22(56)33(60)36(26)63/h1-4,7-11,24,28-29,37,39-41,48,52-63,69H,5-6,12H2/t24-,28-,29-,37-,39+,40-,41+,48+,49-/m1/s1. The zero-order valence-corrected chi connectivity index (χ0v) is 39.3. The number of esters is 5. The Hall–Kier alpha value is -9.38. The zero-order valence-electron chi connectivity index (χ0n) is 38.5. The van der Waals surface area contributed by atoms with E-state index in [1.165, 1.54) is 6.07 Å². The van der Waals surface area contributed by atoms with E-state index in [1.807, 2.05) is 0 Å². The molecule has 0 spiro atoms. The fourth-order valence-electron chi connectivity index (χ4n) is 10.1. The second-order valence-corrected chi connectivity index (χ2v) is 19.1. The number of aromatic hydroxyl groups is 11. The summed E-state index contributed by atoms with van der Waals surface area (Å²) in [6, 6.07) is 9.08. The molecule has 77 heavy (non-hydrogen) atoms. The first-order valence-corrected chi connectivity index (χ1v) is 23.6. The fourth-order valence-corrected chi connectivity index (χ4v) is 11.2. The van der Waals surface area contributed by atoms with Crippen LogP contribution in [0.5, 0.6) is 69.0 Å². The molecule has 0 radical (unpaired) electrons. The molecule has 13 N–H and O–H groups in total. The highest BCUT2D eigenvalue weighted by Crippen LogP contribution is 2.65. The third-order valence-corrected chi connectivity index (χ3v) is 14.8. The number of aromatic nitrogens is 2. The van der Waals surface area contributed by atoms with E-state index in [0.717, 1.165) is 11.8 Å². The second-order valence-electron chi connectivity index (χ2n) is 17.9. The normalized spacial score (nSPS) is 25.1. The van der Waals surface area contributed by atoms with Gasteiger partial charge in [0.2, 0.25) is 29.6 Å². The van der Waals surface area contributed by atoms with Crippen molar-refractivity contribution in [1.82, 2.24) is 9.97 Å². The molecule has 0 unspecified atom stereocenters. The minimum absolute atomic E-state index is 0.152. The van der Waals surface area contributed by atoms with Gasteiger partial charge in [0.15, 0.2) is 64.0 Å². The molecule has 9 atom stereocenters. The zero-order chi connectivity index (χ0) is 54.8. The monoisotopic (exact) mass is 1080 g/mol. The van der Waals surface area contributed by atoms with Gasteiger partial charge >= 0.3 is 29.8 Å². The third kappa shape index (κ3) is 7.58. The number of para-hydroxylation sites is 2. The summed E-state index contributed by atoms with van der Waals surface area (Å²) in [5.74, 6) is -29.1. The van der Waals surface area contributed by atoms with Crippen molar-refractivity contribution in [3.05, 3.63) is 93.8 Å². The van der Waals surface area contributed by atoms with Crippen molar-refractivity contribution in [1.29, 1.82) is 0 Å². The van der Waals surface area contributed by atoms with Gasteiger partial charge in [-0.05, 0) is 42.5 Å². The molecule has 5 aliphatic rings. The number of hydrogen-bond donors (Lipinski definition) is 13. The molecule has 0 saturated carbocycles. The highest BCUT2D eigenvalue weighted by Gasteiger charge is 2.66. The molecule has 0 amide bonds. The van der Waals surface area contributed by atoms with E-state index in [2.05, 4.69) is 4.98 Å². The maximum atomic E-state index is 15.7. The molecular weight excluding hydrogens is 1050 g/mol. The van der Waals surface area contributed by atoms with E-state index in [-0.39, 0.29) is 28.2 Å². The number of phenolic OH excluding ortho intramolecular Hbond substituents is 11. The molecule has 6 aromatic rings. The number of ether oxygens (including phenoxy) is 7. The number of rotatable bonds is 5. The summed E-state index contributed by atoms with van der Waals surface area (Å²) in [4.78, 5) is 83.5. The van der Waals surface area contributed by atoms with Gasteiger partial charge in [0.25, 0.3) is 5.79 Å². The van der Waals surface area contributed by atoms with E-state index in [1.54, 1.807) is 18.2 Å². The number of nitrogens with zero attached hydrogens (tertiary/aromatic N) is 2. The smallest absolute Gasteiger partial charge is 0.340 e. The number of fused-ring (bicyclic) bond motifs is 6. The average molecular weight is 1080 g/mol. The predicted octanol–water partition coefficient (Wildman–Crippen LogP) is 2.20. The minimum atomic E-state index is -2.91. The van der Waals surface area contributed by atoms with Crippen molar-refractivity contribution in [2.24, 2.45) is 5.92 Å². The van der Waals surface area contributed by atoms with E-state index < -0.39 is 205 Å². The lowest BCUT2D eigenvalue weighted by Gasteiger charge is -2.45. The van der Waals surface area contributed by atoms with E-state index in [9.17, 15) is 80.8 Å². The summed E-state index contributed by atoms with van der Waals surface area (Å²) in [6.07, 6.45) is -11.9. The number of thioether (sulfide) groups is 1. The van der Waals surface area contributed by atoms with Crippen LogP contribution in [0.4, 0.5) is 0 Å². The molecule has 1 fully saturated rings. The first kappa shape index (κ1) is 49.8. The molecule has 1 saturated heterocycles. The molecule has 5 heterocycles. The Bertz CT molecular complexity index is 3590. The van der Waals surface area contributed by atoms with Crippen molar-refractivity contribution in [2.75, 3.05) is 19.0 Å². The Morgan fingerprint density at radius 3 is 1.86 bits per heavy atom. The van der Waals surface area contributed by atoms with E-state index in [0.29, 0.717) is 30.3 Å². The topological polar surface area (TPSA) is 439 Å². The largest absolute Gasteiger partial charge is 0.504 e. The summed E-state index contributed by atoms with van der Waals surface area (Å²) in [6.45, 7) is -1.75. The number of benzene rings is 5. The highest BCUT2D eigenvalue weighted by atomic mass is 32.2. The van der Waals surface area contributed by atoms with Crippen LogP contribution in [0.15, 0.2) is 54.6 Å². The van der Waals surface area contributed by atoms with Gasteiger partial charge in [0, 0.05) is 22.4 Å². The number of aliphatic hydroxyl groups excluding tert-OH is 1. The highest BCUT2D eigenvalue weighted by molar-refractivity contribution is 7.99. The van der Waals surface area contributed by atoms with E-state index >= 15 is 9.59 Å². The van der Waals surface area contributed by atoms with Gasteiger partial charge in [0.05, 0.1) is 62.7 Å². The second kappa shape index (κ2) is 17.9. The number of cyclic esters (lactones) is 1. The quantitative estimate of drug-likeness (QED) is 0.0668. The van der Waals surface area contributed by atoms with E-state index in [4.69, 9.17) is 38.1 Å². The van der Waals surface area contributed by atoms with Crippen LogP contribution in [0.1, 0.15) is 69.6 Å². The maximum Gasteiger partial charge on any atom is 0.340 e. The fraction of sp³-hybridized carbons (Fsp3) is 0.245. The first-order valence-electron chi connectivity index (χ1n) is 22.6. The molecule has 28 heteroatoms. The van der Waals surface area contributed by atoms with Crippen molar-refractivity contribution >= 4 is 52.6 Å². The lowest BCUT2D eigenvalue weighted by atomic mass is 9.71. The molecule has 5 aromatic carbocycles.